The summed E-state index contributed by atoms with van der Waals surface area (Å²) < 4.78 is 0. The van der Waals surface area contributed by atoms with E-state index in [1.165, 1.54) is 0 Å². The molecule has 1 N–H and O–H groups in total. The summed E-state index contributed by atoms with van der Waals surface area (Å²) in [7, 11) is 0. The topological polar surface area (TPSA) is 79.0 Å². The average molecular weight is 320 g/mol. The second-order valence-corrected chi connectivity index (χ2v) is 5.89. The molecule has 3 heterocycles. The van der Waals surface area contributed by atoms with Crippen molar-refractivity contribution >= 4 is 16.7 Å². The van der Waals surface area contributed by atoms with Crippen LogP contribution in [0.5, 0.6) is 0 Å². The summed E-state index contributed by atoms with van der Waals surface area (Å²) in [5.41, 5.74) is 1.03. The van der Waals surface area contributed by atoms with Gasteiger partial charge in [-0.15, -0.1) is 0 Å². The number of amides is 1. The zero-order valence-electron chi connectivity index (χ0n) is 13.0. The number of H-pyrrole nitrogens is 1. The van der Waals surface area contributed by atoms with Gasteiger partial charge in [-0.2, -0.15) is 5.10 Å². The lowest BCUT2D eigenvalue weighted by molar-refractivity contribution is 0.0730. The normalized spacial score (nSPS) is 17.3. The molecule has 0 saturated carbocycles. The van der Waals surface area contributed by atoms with E-state index in [0.717, 1.165) is 18.4 Å². The molecule has 6 nitrogen and oxygen atoms in total. The first-order chi connectivity index (χ1) is 11.8. The standard InChI is InChI=1S/C18H16N4O2/c23-17-14-7-2-1-6-13(14)16(20-21-17)18(24)22-10-4-8-15(22)12-5-3-9-19-11-12/h1-3,5-7,9,11,15H,4,8,10H2,(H,21,23)/t15-/m0/s1. The molecule has 0 aliphatic carbocycles. The molecule has 24 heavy (non-hydrogen) atoms. The van der Waals surface area contributed by atoms with E-state index >= 15 is 0 Å². The molecule has 1 aliphatic heterocycles. The van der Waals surface area contributed by atoms with Crippen LogP contribution >= 0.6 is 0 Å². The first-order valence-electron chi connectivity index (χ1n) is 7.94. The van der Waals surface area contributed by atoms with Crippen LogP contribution in [-0.2, 0) is 0 Å². The zero-order valence-corrected chi connectivity index (χ0v) is 13.0. The molecule has 1 fully saturated rings. The number of benzene rings is 1. The lowest BCUT2D eigenvalue weighted by Gasteiger charge is -2.24. The minimum atomic E-state index is -0.285. The van der Waals surface area contributed by atoms with E-state index in [0.29, 0.717) is 23.0 Å². The van der Waals surface area contributed by atoms with Crippen molar-refractivity contribution in [2.75, 3.05) is 6.54 Å². The van der Waals surface area contributed by atoms with Crippen LogP contribution in [-0.4, -0.2) is 32.5 Å². The zero-order chi connectivity index (χ0) is 16.5. The number of fused-ring (bicyclic) bond motifs is 1. The third-order valence-electron chi connectivity index (χ3n) is 4.48. The Morgan fingerprint density at radius 3 is 2.79 bits per heavy atom. The van der Waals surface area contributed by atoms with Gasteiger partial charge in [-0.1, -0.05) is 24.3 Å². The van der Waals surface area contributed by atoms with Gasteiger partial charge >= 0.3 is 0 Å². The van der Waals surface area contributed by atoms with Crippen LogP contribution in [0.15, 0.2) is 53.6 Å². The number of carbonyl (C=O) groups excluding carboxylic acids is 1. The highest BCUT2D eigenvalue weighted by molar-refractivity contribution is 6.04. The lowest BCUT2D eigenvalue weighted by atomic mass is 10.1. The van der Waals surface area contributed by atoms with Gasteiger partial charge in [-0.3, -0.25) is 14.6 Å². The van der Waals surface area contributed by atoms with Gasteiger partial charge in [-0.05, 0) is 30.5 Å². The number of aromatic nitrogens is 3. The molecule has 3 aromatic rings. The largest absolute Gasteiger partial charge is 0.330 e. The molecule has 0 radical (unpaired) electrons. The Hall–Kier alpha value is -3.02. The number of rotatable bonds is 2. The van der Waals surface area contributed by atoms with Gasteiger partial charge in [0.25, 0.3) is 11.5 Å². The van der Waals surface area contributed by atoms with Crippen molar-refractivity contribution in [3.05, 3.63) is 70.4 Å². The molecule has 1 atom stereocenters. The first-order valence-corrected chi connectivity index (χ1v) is 7.94. The van der Waals surface area contributed by atoms with E-state index in [1.807, 2.05) is 23.1 Å². The van der Waals surface area contributed by atoms with Gasteiger partial charge in [0.1, 0.15) is 0 Å². The first kappa shape index (κ1) is 14.6. The molecule has 1 amide bonds. The fourth-order valence-corrected chi connectivity index (χ4v) is 3.34. The molecular formula is C18H16N4O2. The highest BCUT2D eigenvalue weighted by atomic mass is 16.2. The molecule has 0 spiro atoms. The van der Waals surface area contributed by atoms with E-state index < -0.39 is 0 Å². The van der Waals surface area contributed by atoms with Gasteiger partial charge in [-0.25, -0.2) is 5.10 Å². The second-order valence-electron chi connectivity index (χ2n) is 5.89. The molecule has 4 rings (SSSR count). The van der Waals surface area contributed by atoms with Crippen LogP contribution in [0.1, 0.15) is 34.9 Å². The quantitative estimate of drug-likeness (QED) is 0.786. The fraction of sp³-hybridized carbons (Fsp3) is 0.222. The molecule has 6 heteroatoms. The Labute approximate surface area is 138 Å². The van der Waals surface area contributed by atoms with Gasteiger partial charge in [0.2, 0.25) is 0 Å². The Morgan fingerprint density at radius 2 is 2.00 bits per heavy atom. The number of carbonyl (C=O) groups is 1. The van der Waals surface area contributed by atoms with Crippen molar-refractivity contribution in [1.82, 2.24) is 20.1 Å². The molecule has 1 saturated heterocycles. The SMILES string of the molecule is O=C(c1n[nH]c(=O)c2ccccc12)N1CCC[C@H]1c1cccnc1. The van der Waals surface area contributed by atoms with Crippen molar-refractivity contribution in [1.29, 1.82) is 0 Å². The number of hydrogen-bond acceptors (Lipinski definition) is 4. The minimum Gasteiger partial charge on any atom is -0.330 e. The van der Waals surface area contributed by atoms with E-state index in [-0.39, 0.29) is 17.5 Å². The van der Waals surface area contributed by atoms with Crippen LogP contribution < -0.4 is 5.56 Å². The molecule has 0 unspecified atom stereocenters. The van der Waals surface area contributed by atoms with Crippen molar-refractivity contribution < 1.29 is 4.79 Å². The number of pyridine rings is 1. The highest BCUT2D eigenvalue weighted by Crippen LogP contribution is 2.33. The molecule has 120 valence electrons. The van der Waals surface area contributed by atoms with Crippen LogP contribution in [0.4, 0.5) is 0 Å². The lowest BCUT2D eigenvalue weighted by Crippen LogP contribution is -2.32. The fourth-order valence-electron chi connectivity index (χ4n) is 3.34. The summed E-state index contributed by atoms with van der Waals surface area (Å²) in [4.78, 5) is 31.0. The van der Waals surface area contributed by atoms with E-state index in [4.69, 9.17) is 0 Å². The van der Waals surface area contributed by atoms with Crippen LogP contribution in [0.2, 0.25) is 0 Å². The number of nitrogens with one attached hydrogen (secondary N) is 1. The third kappa shape index (κ3) is 2.36. The minimum absolute atomic E-state index is 0.00121. The predicted molar refractivity (Wildman–Crippen MR) is 89.6 cm³/mol. The maximum Gasteiger partial charge on any atom is 0.275 e. The number of hydrogen-bond donors (Lipinski definition) is 1. The molecule has 1 aromatic carbocycles. The molecular weight excluding hydrogens is 304 g/mol. The average Bonchev–Trinajstić information content (AvgIpc) is 3.12. The van der Waals surface area contributed by atoms with Crippen molar-refractivity contribution in [3.8, 4) is 0 Å². The predicted octanol–water partition coefficient (Wildman–Crippen LogP) is 2.30. The van der Waals surface area contributed by atoms with Crippen LogP contribution in [0, 0.1) is 0 Å². The summed E-state index contributed by atoms with van der Waals surface area (Å²) in [6.45, 7) is 0.674. The maximum atomic E-state index is 13.1. The van der Waals surface area contributed by atoms with E-state index in [9.17, 15) is 9.59 Å². The van der Waals surface area contributed by atoms with Crippen molar-refractivity contribution in [3.63, 3.8) is 0 Å². The van der Waals surface area contributed by atoms with Crippen LogP contribution in [0.3, 0.4) is 0 Å². The summed E-state index contributed by atoms with van der Waals surface area (Å²) in [5, 5.41) is 7.54. The monoisotopic (exact) mass is 320 g/mol. The number of nitrogens with zero attached hydrogens (tertiary/aromatic N) is 3. The highest BCUT2D eigenvalue weighted by Gasteiger charge is 2.32. The smallest absolute Gasteiger partial charge is 0.275 e. The molecule has 0 bridgehead atoms. The van der Waals surface area contributed by atoms with E-state index in [2.05, 4.69) is 15.2 Å². The van der Waals surface area contributed by atoms with Gasteiger partial charge < -0.3 is 4.90 Å². The van der Waals surface area contributed by atoms with E-state index in [1.54, 1.807) is 30.6 Å². The van der Waals surface area contributed by atoms with Gasteiger partial charge in [0, 0.05) is 24.3 Å². The Morgan fingerprint density at radius 1 is 1.17 bits per heavy atom. The summed E-state index contributed by atoms with van der Waals surface area (Å²) >= 11 is 0. The summed E-state index contributed by atoms with van der Waals surface area (Å²) in [6.07, 6.45) is 5.36. The Kier molecular flexibility index (Phi) is 3.57. The Balaban J connectivity index is 1.76. The maximum absolute atomic E-state index is 13.1. The second kappa shape index (κ2) is 5.88. The van der Waals surface area contributed by atoms with Crippen molar-refractivity contribution in [2.45, 2.75) is 18.9 Å². The van der Waals surface area contributed by atoms with Crippen molar-refractivity contribution in [2.24, 2.45) is 0 Å². The molecule has 1 aliphatic rings. The Bertz CT molecular complexity index is 952. The molecule has 2 aromatic heterocycles. The van der Waals surface area contributed by atoms with Gasteiger partial charge in [0.05, 0.1) is 11.4 Å². The summed E-state index contributed by atoms with van der Waals surface area (Å²) in [5.74, 6) is -0.159. The van der Waals surface area contributed by atoms with Gasteiger partial charge in [0.15, 0.2) is 5.69 Å². The number of aromatic amines is 1. The third-order valence-corrected chi connectivity index (χ3v) is 4.48. The van der Waals surface area contributed by atoms with Crippen LogP contribution in [0.25, 0.3) is 10.8 Å². The number of likely N-dealkylation sites (tertiary alicyclic amines) is 1. The summed E-state index contributed by atoms with van der Waals surface area (Å²) in [6, 6.07) is 10.9.